The molecule has 0 bridgehead atoms. The number of nitrogens with one attached hydrogen (secondary N) is 1. The second-order valence-electron chi connectivity index (χ2n) is 4.30. The van der Waals surface area contributed by atoms with Crippen LogP contribution in [-0.4, -0.2) is 12.0 Å². The maximum absolute atomic E-state index is 13.4. The number of ether oxygens (including phenoxy) is 1. The number of anilines is 1. The Morgan fingerprint density at radius 1 is 1.24 bits per heavy atom. The van der Waals surface area contributed by atoms with Crippen molar-refractivity contribution < 1.29 is 18.3 Å². The molecule has 0 aliphatic heterocycles. The van der Waals surface area contributed by atoms with E-state index >= 15 is 0 Å². The molecule has 2 aromatic carbocycles. The topological polar surface area (TPSA) is 38.3 Å². The van der Waals surface area contributed by atoms with E-state index in [0.717, 1.165) is 6.07 Å². The summed E-state index contributed by atoms with van der Waals surface area (Å²) in [5.74, 6) is -1.41. The maximum Gasteiger partial charge on any atom is 0.265 e. The number of carbonyl (C=O) groups is 1. The van der Waals surface area contributed by atoms with Crippen molar-refractivity contribution in [2.24, 2.45) is 0 Å². The minimum absolute atomic E-state index is 0.0561. The summed E-state index contributed by atoms with van der Waals surface area (Å²) in [6, 6.07) is 9.36. The van der Waals surface area contributed by atoms with Crippen molar-refractivity contribution in [1.82, 2.24) is 0 Å². The Kier molecular flexibility index (Phi) is 4.75. The van der Waals surface area contributed by atoms with Gasteiger partial charge in [0.05, 0.1) is 10.7 Å². The fourth-order valence-electron chi connectivity index (χ4n) is 1.61. The van der Waals surface area contributed by atoms with E-state index in [1.807, 2.05) is 0 Å². The van der Waals surface area contributed by atoms with E-state index in [1.165, 1.54) is 37.3 Å². The molecule has 1 unspecified atom stereocenters. The van der Waals surface area contributed by atoms with Crippen LogP contribution in [0.3, 0.4) is 0 Å². The molecule has 0 heterocycles. The number of hydrogen-bond acceptors (Lipinski definition) is 2. The zero-order valence-corrected chi connectivity index (χ0v) is 11.8. The molecule has 0 saturated carbocycles. The summed E-state index contributed by atoms with van der Waals surface area (Å²) in [7, 11) is 0. The third-order valence-corrected chi connectivity index (χ3v) is 2.99. The molecule has 1 N–H and O–H groups in total. The van der Waals surface area contributed by atoms with Crippen molar-refractivity contribution in [3.63, 3.8) is 0 Å². The highest BCUT2D eigenvalue weighted by atomic mass is 35.5. The first-order valence-corrected chi connectivity index (χ1v) is 6.52. The third-order valence-electron chi connectivity index (χ3n) is 2.70. The molecular weight excluding hydrogens is 300 g/mol. The van der Waals surface area contributed by atoms with Crippen LogP contribution in [-0.2, 0) is 4.79 Å². The Hall–Kier alpha value is -2.14. The molecule has 2 rings (SSSR count). The number of carbonyl (C=O) groups excluding carboxylic acids is 1. The van der Waals surface area contributed by atoms with E-state index in [0.29, 0.717) is 0 Å². The molecule has 3 nitrogen and oxygen atoms in total. The molecule has 1 amide bonds. The standard InChI is InChI=1S/C15H12ClF2NO2/c1-9(21-14-7-6-10(17)8-11(14)16)15(20)19-13-5-3-2-4-12(13)18/h2-9H,1H3,(H,19,20). The summed E-state index contributed by atoms with van der Waals surface area (Å²) in [6.07, 6.45) is -0.924. The van der Waals surface area contributed by atoms with Crippen molar-refractivity contribution in [3.8, 4) is 5.75 Å². The summed E-state index contributed by atoms with van der Waals surface area (Å²) in [4.78, 5) is 11.9. The highest BCUT2D eigenvalue weighted by Gasteiger charge is 2.17. The number of para-hydroxylation sites is 1. The molecule has 0 saturated heterocycles. The van der Waals surface area contributed by atoms with Gasteiger partial charge in [-0.15, -0.1) is 0 Å². The Morgan fingerprint density at radius 2 is 1.95 bits per heavy atom. The van der Waals surface area contributed by atoms with Crippen LogP contribution < -0.4 is 10.1 Å². The minimum atomic E-state index is -0.924. The van der Waals surface area contributed by atoms with Crippen molar-refractivity contribution >= 4 is 23.2 Å². The fraction of sp³-hybridized carbons (Fsp3) is 0.133. The molecule has 2 aromatic rings. The van der Waals surface area contributed by atoms with Gasteiger partial charge in [-0.3, -0.25) is 4.79 Å². The minimum Gasteiger partial charge on any atom is -0.479 e. The van der Waals surface area contributed by atoms with Gasteiger partial charge >= 0.3 is 0 Å². The van der Waals surface area contributed by atoms with Crippen molar-refractivity contribution in [2.45, 2.75) is 13.0 Å². The number of rotatable bonds is 4. The summed E-state index contributed by atoms with van der Waals surface area (Å²) in [6.45, 7) is 1.48. The molecule has 0 spiro atoms. The molecule has 0 fully saturated rings. The van der Waals surface area contributed by atoms with Crippen LogP contribution in [0.4, 0.5) is 14.5 Å². The molecule has 0 aliphatic carbocycles. The zero-order chi connectivity index (χ0) is 15.4. The second kappa shape index (κ2) is 6.54. The predicted octanol–water partition coefficient (Wildman–Crippen LogP) is 4.02. The lowest BCUT2D eigenvalue weighted by atomic mass is 10.2. The van der Waals surface area contributed by atoms with E-state index in [1.54, 1.807) is 6.07 Å². The lowest BCUT2D eigenvalue weighted by Gasteiger charge is -2.15. The molecule has 21 heavy (non-hydrogen) atoms. The Balaban J connectivity index is 2.04. The quantitative estimate of drug-likeness (QED) is 0.926. The zero-order valence-electron chi connectivity index (χ0n) is 11.1. The van der Waals surface area contributed by atoms with E-state index < -0.39 is 23.6 Å². The van der Waals surface area contributed by atoms with Gasteiger partial charge in [-0.2, -0.15) is 0 Å². The summed E-state index contributed by atoms with van der Waals surface area (Å²) in [5.41, 5.74) is 0.0585. The lowest BCUT2D eigenvalue weighted by Crippen LogP contribution is -2.30. The summed E-state index contributed by atoms with van der Waals surface area (Å²) < 4.78 is 31.7. The molecule has 0 aliphatic rings. The van der Waals surface area contributed by atoms with Crippen LogP contribution in [0.5, 0.6) is 5.75 Å². The monoisotopic (exact) mass is 311 g/mol. The van der Waals surface area contributed by atoms with Gasteiger partial charge < -0.3 is 10.1 Å². The molecule has 1 atom stereocenters. The van der Waals surface area contributed by atoms with Gasteiger partial charge in [-0.25, -0.2) is 8.78 Å². The summed E-state index contributed by atoms with van der Waals surface area (Å²) in [5, 5.41) is 2.46. The van der Waals surface area contributed by atoms with E-state index in [2.05, 4.69) is 5.32 Å². The van der Waals surface area contributed by atoms with Crippen LogP contribution in [0.1, 0.15) is 6.92 Å². The number of amides is 1. The average Bonchev–Trinajstić information content (AvgIpc) is 2.44. The van der Waals surface area contributed by atoms with Crippen LogP contribution >= 0.6 is 11.6 Å². The maximum atomic E-state index is 13.4. The second-order valence-corrected chi connectivity index (χ2v) is 4.71. The van der Waals surface area contributed by atoms with Crippen LogP contribution in [0.15, 0.2) is 42.5 Å². The Bertz CT molecular complexity index is 664. The normalized spacial score (nSPS) is 11.8. The number of benzene rings is 2. The average molecular weight is 312 g/mol. The fourth-order valence-corrected chi connectivity index (χ4v) is 1.82. The largest absolute Gasteiger partial charge is 0.479 e. The highest BCUT2D eigenvalue weighted by Crippen LogP contribution is 2.26. The highest BCUT2D eigenvalue weighted by molar-refractivity contribution is 6.32. The molecule has 0 radical (unpaired) electrons. The van der Waals surface area contributed by atoms with Gasteiger partial charge in [-0.05, 0) is 37.3 Å². The first-order chi connectivity index (χ1) is 9.97. The van der Waals surface area contributed by atoms with Crippen molar-refractivity contribution in [1.29, 1.82) is 0 Å². The first kappa shape index (κ1) is 15.3. The van der Waals surface area contributed by atoms with Gasteiger partial charge in [0, 0.05) is 0 Å². The van der Waals surface area contributed by atoms with Gasteiger partial charge in [0.1, 0.15) is 17.4 Å². The van der Waals surface area contributed by atoms with Crippen molar-refractivity contribution in [2.75, 3.05) is 5.32 Å². The van der Waals surface area contributed by atoms with Crippen LogP contribution in [0.2, 0.25) is 5.02 Å². The Morgan fingerprint density at radius 3 is 2.62 bits per heavy atom. The molecule has 0 aromatic heterocycles. The number of hydrogen-bond donors (Lipinski definition) is 1. The molecule has 6 heteroatoms. The molecule has 110 valence electrons. The van der Waals surface area contributed by atoms with Gasteiger partial charge in [0.15, 0.2) is 6.10 Å². The van der Waals surface area contributed by atoms with Gasteiger partial charge in [0.25, 0.3) is 5.91 Å². The molecular formula is C15H12ClF2NO2. The predicted molar refractivity (Wildman–Crippen MR) is 76.5 cm³/mol. The van der Waals surface area contributed by atoms with Crippen LogP contribution in [0, 0.1) is 11.6 Å². The van der Waals surface area contributed by atoms with Gasteiger partial charge in [0.2, 0.25) is 0 Å². The number of halogens is 3. The third kappa shape index (κ3) is 3.92. The Labute approximate surface area is 125 Å². The van der Waals surface area contributed by atoms with E-state index in [-0.39, 0.29) is 16.5 Å². The smallest absolute Gasteiger partial charge is 0.265 e. The first-order valence-electron chi connectivity index (χ1n) is 6.14. The van der Waals surface area contributed by atoms with E-state index in [4.69, 9.17) is 16.3 Å². The van der Waals surface area contributed by atoms with E-state index in [9.17, 15) is 13.6 Å². The van der Waals surface area contributed by atoms with Crippen molar-refractivity contribution in [3.05, 3.63) is 59.1 Å². The lowest BCUT2D eigenvalue weighted by molar-refractivity contribution is -0.122. The summed E-state index contributed by atoms with van der Waals surface area (Å²) >= 11 is 5.81. The van der Waals surface area contributed by atoms with Crippen LogP contribution in [0.25, 0.3) is 0 Å². The SMILES string of the molecule is CC(Oc1ccc(F)cc1Cl)C(=O)Nc1ccccc1F. The van der Waals surface area contributed by atoms with Gasteiger partial charge in [-0.1, -0.05) is 23.7 Å².